The normalized spacial score (nSPS) is 12.2. The maximum atomic E-state index is 12.4. The third-order valence-electron chi connectivity index (χ3n) is 3.62. The van der Waals surface area contributed by atoms with Crippen molar-refractivity contribution in [1.82, 2.24) is 4.90 Å². The molecule has 1 atom stereocenters. The number of aliphatic hydroxyl groups is 1. The largest absolute Gasteiger partial charge is 0.467 e. The second-order valence-corrected chi connectivity index (χ2v) is 6.30. The molecular weight excluding hydrogens is 320 g/mol. The Morgan fingerprint density at radius 1 is 1.24 bits per heavy atom. The molecule has 1 aromatic heterocycles. The number of urea groups is 1. The molecule has 2 aromatic rings. The van der Waals surface area contributed by atoms with Crippen LogP contribution in [0.5, 0.6) is 0 Å². The van der Waals surface area contributed by atoms with Gasteiger partial charge in [-0.15, -0.1) is 0 Å². The average Bonchev–Trinajstić information content (AvgIpc) is 3.06. The molecule has 2 rings (SSSR count). The molecule has 0 aliphatic rings. The molecule has 25 heavy (non-hydrogen) atoms. The van der Waals surface area contributed by atoms with E-state index in [1.807, 2.05) is 50.2 Å². The van der Waals surface area contributed by atoms with Crippen LogP contribution in [0.15, 0.2) is 47.1 Å². The first-order chi connectivity index (χ1) is 12.0. The molecule has 1 unspecified atom stereocenters. The topological polar surface area (TPSA) is 74.9 Å². The summed E-state index contributed by atoms with van der Waals surface area (Å²) in [6, 6.07) is 11.0. The van der Waals surface area contributed by atoms with Crippen molar-refractivity contribution in [2.45, 2.75) is 46.1 Å². The standard InChI is InChI=1S/C19H26N2O4/c1-14(2)21(11-15(3)22)19(23)20-17-7-4-6-16(10-17)12-24-13-18-8-5-9-25-18/h4-10,14-15,22H,11-13H2,1-3H3,(H,20,23). The molecule has 0 fully saturated rings. The number of hydrogen-bond acceptors (Lipinski definition) is 4. The first-order valence-corrected chi connectivity index (χ1v) is 8.40. The Bertz CT molecular complexity index is 653. The molecule has 2 amide bonds. The van der Waals surface area contributed by atoms with Gasteiger partial charge in [0.15, 0.2) is 0 Å². The van der Waals surface area contributed by atoms with E-state index in [1.165, 1.54) is 0 Å². The number of nitrogens with one attached hydrogen (secondary N) is 1. The molecule has 0 saturated heterocycles. The Balaban J connectivity index is 1.92. The van der Waals surface area contributed by atoms with Gasteiger partial charge in [0.1, 0.15) is 12.4 Å². The van der Waals surface area contributed by atoms with Crippen molar-refractivity contribution in [2.24, 2.45) is 0 Å². The van der Waals surface area contributed by atoms with E-state index >= 15 is 0 Å². The van der Waals surface area contributed by atoms with Crippen LogP contribution in [-0.4, -0.2) is 34.7 Å². The molecule has 0 saturated carbocycles. The smallest absolute Gasteiger partial charge is 0.322 e. The quantitative estimate of drug-likeness (QED) is 0.765. The first-order valence-electron chi connectivity index (χ1n) is 8.40. The van der Waals surface area contributed by atoms with Gasteiger partial charge in [0, 0.05) is 18.3 Å². The van der Waals surface area contributed by atoms with E-state index in [2.05, 4.69) is 5.32 Å². The van der Waals surface area contributed by atoms with E-state index in [1.54, 1.807) is 18.1 Å². The van der Waals surface area contributed by atoms with E-state index in [9.17, 15) is 9.90 Å². The van der Waals surface area contributed by atoms with Gasteiger partial charge >= 0.3 is 6.03 Å². The molecule has 0 aliphatic heterocycles. The maximum absolute atomic E-state index is 12.4. The molecule has 0 spiro atoms. The fourth-order valence-corrected chi connectivity index (χ4v) is 2.41. The number of carbonyl (C=O) groups excluding carboxylic acids is 1. The SMILES string of the molecule is CC(O)CN(C(=O)Nc1cccc(COCc2ccco2)c1)C(C)C. The number of aliphatic hydroxyl groups excluding tert-OH is 1. The number of amides is 2. The van der Waals surface area contributed by atoms with Crippen LogP contribution in [0.4, 0.5) is 10.5 Å². The van der Waals surface area contributed by atoms with Crippen LogP contribution >= 0.6 is 0 Å². The average molecular weight is 346 g/mol. The fourth-order valence-electron chi connectivity index (χ4n) is 2.41. The number of hydrogen-bond donors (Lipinski definition) is 2. The lowest BCUT2D eigenvalue weighted by Gasteiger charge is -2.28. The van der Waals surface area contributed by atoms with Crippen molar-refractivity contribution in [3.63, 3.8) is 0 Å². The number of anilines is 1. The lowest BCUT2D eigenvalue weighted by atomic mass is 10.2. The van der Waals surface area contributed by atoms with Crippen LogP contribution in [-0.2, 0) is 18.0 Å². The lowest BCUT2D eigenvalue weighted by molar-refractivity contribution is 0.0930. The summed E-state index contributed by atoms with van der Waals surface area (Å²) in [5.41, 5.74) is 1.65. The summed E-state index contributed by atoms with van der Waals surface area (Å²) in [5.74, 6) is 0.773. The zero-order chi connectivity index (χ0) is 18.2. The van der Waals surface area contributed by atoms with Crippen LogP contribution in [0.3, 0.4) is 0 Å². The monoisotopic (exact) mass is 346 g/mol. The van der Waals surface area contributed by atoms with Gasteiger partial charge in [0.2, 0.25) is 0 Å². The van der Waals surface area contributed by atoms with E-state index in [0.29, 0.717) is 18.9 Å². The van der Waals surface area contributed by atoms with Crippen LogP contribution in [0.25, 0.3) is 0 Å². The molecule has 6 nitrogen and oxygen atoms in total. The number of carbonyl (C=O) groups is 1. The van der Waals surface area contributed by atoms with Gasteiger partial charge in [0.25, 0.3) is 0 Å². The maximum Gasteiger partial charge on any atom is 0.322 e. The summed E-state index contributed by atoms with van der Waals surface area (Å²) < 4.78 is 10.8. The van der Waals surface area contributed by atoms with Crippen molar-refractivity contribution < 1.29 is 19.1 Å². The molecule has 0 bridgehead atoms. The van der Waals surface area contributed by atoms with Gasteiger partial charge in [-0.05, 0) is 50.6 Å². The highest BCUT2D eigenvalue weighted by Gasteiger charge is 2.18. The predicted octanol–water partition coefficient (Wildman–Crippen LogP) is 3.62. The highest BCUT2D eigenvalue weighted by atomic mass is 16.5. The van der Waals surface area contributed by atoms with Crippen molar-refractivity contribution >= 4 is 11.7 Å². The molecule has 1 heterocycles. The summed E-state index contributed by atoms with van der Waals surface area (Å²) in [6.45, 7) is 6.61. The third kappa shape index (κ3) is 6.25. The number of nitrogens with zero attached hydrogens (tertiary/aromatic N) is 1. The Labute approximate surface area is 148 Å². The number of rotatable bonds is 8. The third-order valence-corrected chi connectivity index (χ3v) is 3.62. The second-order valence-electron chi connectivity index (χ2n) is 6.30. The Hall–Kier alpha value is -2.31. The minimum Gasteiger partial charge on any atom is -0.467 e. The first kappa shape index (κ1) is 19.0. The van der Waals surface area contributed by atoms with Crippen molar-refractivity contribution in [3.05, 3.63) is 54.0 Å². The van der Waals surface area contributed by atoms with Crippen molar-refractivity contribution in [3.8, 4) is 0 Å². The van der Waals surface area contributed by atoms with E-state index < -0.39 is 6.10 Å². The van der Waals surface area contributed by atoms with Crippen LogP contribution in [0.1, 0.15) is 32.1 Å². The Morgan fingerprint density at radius 3 is 2.68 bits per heavy atom. The molecule has 136 valence electrons. The van der Waals surface area contributed by atoms with Gasteiger partial charge in [-0.2, -0.15) is 0 Å². The fraction of sp³-hybridized carbons (Fsp3) is 0.421. The molecule has 2 N–H and O–H groups in total. The van der Waals surface area contributed by atoms with Gasteiger partial charge in [0.05, 0.1) is 19.0 Å². The number of furan rings is 1. The minimum absolute atomic E-state index is 0.00517. The number of benzene rings is 1. The highest BCUT2D eigenvalue weighted by molar-refractivity contribution is 5.89. The van der Waals surface area contributed by atoms with Gasteiger partial charge in [-0.1, -0.05) is 12.1 Å². The summed E-state index contributed by atoms with van der Waals surface area (Å²) in [7, 11) is 0. The molecule has 1 aromatic carbocycles. The zero-order valence-corrected chi connectivity index (χ0v) is 14.9. The van der Waals surface area contributed by atoms with Gasteiger partial charge in [-0.3, -0.25) is 0 Å². The van der Waals surface area contributed by atoms with E-state index in [0.717, 1.165) is 11.3 Å². The van der Waals surface area contributed by atoms with Gasteiger partial charge in [-0.25, -0.2) is 4.79 Å². The molecular formula is C19H26N2O4. The Morgan fingerprint density at radius 2 is 2.04 bits per heavy atom. The van der Waals surface area contributed by atoms with Crippen LogP contribution in [0.2, 0.25) is 0 Å². The Kier molecular flexibility index (Phi) is 7.03. The predicted molar refractivity (Wildman–Crippen MR) is 96.2 cm³/mol. The summed E-state index contributed by atoms with van der Waals surface area (Å²) in [6.07, 6.45) is 1.04. The summed E-state index contributed by atoms with van der Waals surface area (Å²) in [5, 5.41) is 12.4. The van der Waals surface area contributed by atoms with E-state index in [4.69, 9.17) is 9.15 Å². The van der Waals surface area contributed by atoms with E-state index in [-0.39, 0.29) is 18.6 Å². The second kappa shape index (κ2) is 9.25. The minimum atomic E-state index is -0.575. The molecule has 0 aliphatic carbocycles. The van der Waals surface area contributed by atoms with Crippen molar-refractivity contribution in [2.75, 3.05) is 11.9 Å². The zero-order valence-electron chi connectivity index (χ0n) is 14.9. The molecule has 0 radical (unpaired) electrons. The van der Waals surface area contributed by atoms with Gasteiger partial charge < -0.3 is 24.5 Å². The van der Waals surface area contributed by atoms with Crippen LogP contribution in [0, 0.1) is 0 Å². The summed E-state index contributed by atoms with van der Waals surface area (Å²) >= 11 is 0. The summed E-state index contributed by atoms with van der Waals surface area (Å²) in [4.78, 5) is 14.0. The van der Waals surface area contributed by atoms with Crippen LogP contribution < -0.4 is 5.32 Å². The highest BCUT2D eigenvalue weighted by Crippen LogP contribution is 2.14. The number of ether oxygens (including phenoxy) is 1. The van der Waals surface area contributed by atoms with Crippen molar-refractivity contribution in [1.29, 1.82) is 0 Å². The molecule has 6 heteroatoms. The lowest BCUT2D eigenvalue weighted by Crippen LogP contribution is -2.43.